The van der Waals surface area contributed by atoms with Crippen LogP contribution in [0, 0.1) is 12.8 Å². The molecule has 1 amide bonds. The van der Waals surface area contributed by atoms with Gasteiger partial charge in [-0.1, -0.05) is 36.8 Å². The van der Waals surface area contributed by atoms with Gasteiger partial charge in [-0.05, 0) is 38.1 Å². The second-order valence-electron chi connectivity index (χ2n) is 6.07. The number of nitrogens with one attached hydrogen (secondary N) is 2. The number of anilines is 2. The minimum absolute atomic E-state index is 0.316. The van der Waals surface area contributed by atoms with Crippen LogP contribution in [0.4, 0.5) is 11.4 Å². The normalized spacial score (nSPS) is 12.3. The van der Waals surface area contributed by atoms with Crippen LogP contribution in [0.1, 0.15) is 19.4 Å². The number of carbonyl (C=O) groups excluding carboxylic acids is 1. The molecular formula is C19H24N2O4S. The van der Waals surface area contributed by atoms with Gasteiger partial charge in [0.05, 0.1) is 24.0 Å². The Kier molecular flexibility index (Phi) is 6.63. The van der Waals surface area contributed by atoms with Crippen molar-refractivity contribution in [2.45, 2.75) is 20.8 Å². The molecule has 0 saturated heterocycles. The van der Waals surface area contributed by atoms with Crippen LogP contribution in [-0.4, -0.2) is 26.7 Å². The van der Waals surface area contributed by atoms with Crippen molar-refractivity contribution >= 4 is 27.3 Å². The van der Waals surface area contributed by atoms with Crippen molar-refractivity contribution in [3.05, 3.63) is 54.1 Å². The second kappa shape index (κ2) is 8.71. The summed E-state index contributed by atoms with van der Waals surface area (Å²) >= 11 is 0. The zero-order chi connectivity index (χ0) is 19.2. The van der Waals surface area contributed by atoms with Crippen molar-refractivity contribution in [3.63, 3.8) is 0 Å². The number of rotatable bonds is 8. The quantitative estimate of drug-likeness (QED) is 0.739. The first-order chi connectivity index (χ1) is 12.3. The Morgan fingerprint density at radius 2 is 1.77 bits per heavy atom. The fourth-order valence-corrected chi connectivity index (χ4v) is 3.74. The molecule has 7 heteroatoms. The average Bonchev–Trinajstić information content (AvgIpc) is 2.58. The van der Waals surface area contributed by atoms with E-state index < -0.39 is 15.9 Å². The van der Waals surface area contributed by atoms with E-state index in [4.69, 9.17) is 4.74 Å². The molecule has 2 aromatic carbocycles. The summed E-state index contributed by atoms with van der Waals surface area (Å²) in [7, 11) is -3.65. The summed E-state index contributed by atoms with van der Waals surface area (Å²) in [5.74, 6) is -0.876. The van der Waals surface area contributed by atoms with Crippen LogP contribution >= 0.6 is 0 Å². The maximum Gasteiger partial charge on any atom is 0.233 e. The summed E-state index contributed by atoms with van der Waals surface area (Å²) in [5.41, 5.74) is 2.04. The lowest BCUT2D eigenvalue weighted by Crippen LogP contribution is -2.30. The van der Waals surface area contributed by atoms with Crippen molar-refractivity contribution in [3.8, 4) is 5.75 Å². The molecule has 0 aliphatic carbocycles. The van der Waals surface area contributed by atoms with Crippen LogP contribution in [0.15, 0.2) is 48.5 Å². The maximum atomic E-state index is 12.4. The molecule has 0 aliphatic rings. The first-order valence-electron chi connectivity index (χ1n) is 8.40. The van der Waals surface area contributed by atoms with Gasteiger partial charge in [0, 0.05) is 5.69 Å². The molecule has 140 valence electrons. The summed E-state index contributed by atoms with van der Waals surface area (Å²) in [6.45, 7) is 5.82. The van der Waals surface area contributed by atoms with Crippen molar-refractivity contribution in [1.29, 1.82) is 0 Å². The number of hydrogen-bond donors (Lipinski definition) is 2. The summed E-state index contributed by atoms with van der Waals surface area (Å²) in [6.07, 6.45) is 0. The lowest BCUT2D eigenvalue weighted by atomic mass is 10.2. The molecule has 26 heavy (non-hydrogen) atoms. The Balaban J connectivity index is 2.00. The van der Waals surface area contributed by atoms with Gasteiger partial charge in [-0.3, -0.25) is 9.52 Å². The molecule has 6 nitrogen and oxygen atoms in total. The third kappa shape index (κ3) is 5.77. The van der Waals surface area contributed by atoms with Crippen molar-refractivity contribution in [2.75, 3.05) is 22.4 Å². The van der Waals surface area contributed by atoms with Crippen molar-refractivity contribution in [1.82, 2.24) is 0 Å². The van der Waals surface area contributed by atoms with Crippen LogP contribution in [0.5, 0.6) is 5.75 Å². The molecule has 2 N–H and O–H groups in total. The molecule has 0 saturated carbocycles. The first kappa shape index (κ1) is 19.8. The topological polar surface area (TPSA) is 84.5 Å². The molecule has 0 bridgehead atoms. The fraction of sp³-hybridized carbons (Fsp3) is 0.316. The lowest BCUT2D eigenvalue weighted by Gasteiger charge is -2.16. The molecule has 0 fully saturated rings. The van der Waals surface area contributed by atoms with Crippen LogP contribution in [0.2, 0.25) is 0 Å². The van der Waals surface area contributed by atoms with Gasteiger partial charge in [-0.25, -0.2) is 8.42 Å². The van der Waals surface area contributed by atoms with E-state index in [0.29, 0.717) is 23.7 Å². The van der Waals surface area contributed by atoms with Gasteiger partial charge in [0.25, 0.3) is 0 Å². The Labute approximate surface area is 154 Å². The van der Waals surface area contributed by atoms with Crippen LogP contribution < -0.4 is 14.8 Å². The molecule has 0 aliphatic heterocycles. The number of para-hydroxylation sites is 2. The number of carbonyl (C=O) groups is 1. The number of aryl methyl sites for hydroxylation is 1. The number of ether oxygens (including phenoxy) is 1. The summed E-state index contributed by atoms with van der Waals surface area (Å²) < 4.78 is 32.6. The SMILES string of the molecule is CCOc1ccccc1NC(=O)C(C)CS(=O)(=O)Nc1ccc(C)cc1. The van der Waals surface area contributed by atoms with E-state index in [1.54, 1.807) is 43.3 Å². The molecule has 0 radical (unpaired) electrons. The largest absolute Gasteiger partial charge is 0.492 e. The van der Waals surface area contributed by atoms with Gasteiger partial charge in [-0.15, -0.1) is 0 Å². The number of sulfonamides is 1. The Bertz CT molecular complexity index is 848. The third-order valence-corrected chi connectivity index (χ3v) is 5.17. The smallest absolute Gasteiger partial charge is 0.233 e. The second-order valence-corrected chi connectivity index (χ2v) is 7.84. The molecular weight excluding hydrogens is 352 g/mol. The van der Waals surface area contributed by atoms with E-state index in [1.807, 2.05) is 26.0 Å². The van der Waals surface area contributed by atoms with E-state index in [9.17, 15) is 13.2 Å². The van der Waals surface area contributed by atoms with Gasteiger partial charge < -0.3 is 10.1 Å². The standard InChI is InChI=1S/C19H24N2O4S/c1-4-25-18-8-6-5-7-17(18)20-19(22)15(3)13-26(23,24)21-16-11-9-14(2)10-12-16/h5-12,15,21H,4,13H2,1-3H3,(H,20,22). The summed E-state index contributed by atoms with van der Waals surface area (Å²) in [5, 5.41) is 2.73. The molecule has 1 atom stereocenters. The first-order valence-corrected chi connectivity index (χ1v) is 10.1. The average molecular weight is 376 g/mol. The minimum atomic E-state index is -3.65. The Hall–Kier alpha value is -2.54. The number of hydrogen-bond acceptors (Lipinski definition) is 4. The maximum absolute atomic E-state index is 12.4. The lowest BCUT2D eigenvalue weighted by molar-refractivity contribution is -0.118. The highest BCUT2D eigenvalue weighted by Gasteiger charge is 2.22. The van der Waals surface area contributed by atoms with Gasteiger partial charge in [0.15, 0.2) is 0 Å². The van der Waals surface area contributed by atoms with Crippen molar-refractivity contribution < 1.29 is 17.9 Å². The summed E-state index contributed by atoms with van der Waals surface area (Å²) in [6, 6.07) is 14.1. The Morgan fingerprint density at radius 1 is 1.12 bits per heavy atom. The number of benzene rings is 2. The zero-order valence-electron chi connectivity index (χ0n) is 15.2. The summed E-state index contributed by atoms with van der Waals surface area (Å²) in [4.78, 5) is 12.4. The van der Waals surface area contributed by atoms with E-state index in [-0.39, 0.29) is 11.7 Å². The van der Waals surface area contributed by atoms with E-state index in [0.717, 1.165) is 5.56 Å². The van der Waals surface area contributed by atoms with Gasteiger partial charge in [0.1, 0.15) is 5.75 Å². The fourth-order valence-electron chi connectivity index (χ4n) is 2.35. The van der Waals surface area contributed by atoms with E-state index in [1.165, 1.54) is 0 Å². The van der Waals surface area contributed by atoms with Gasteiger partial charge in [0.2, 0.25) is 15.9 Å². The molecule has 0 spiro atoms. The van der Waals surface area contributed by atoms with E-state index in [2.05, 4.69) is 10.0 Å². The molecule has 1 unspecified atom stereocenters. The monoisotopic (exact) mass is 376 g/mol. The van der Waals surface area contributed by atoms with E-state index >= 15 is 0 Å². The highest BCUT2D eigenvalue weighted by Crippen LogP contribution is 2.24. The molecule has 0 aromatic heterocycles. The van der Waals surface area contributed by atoms with Crippen molar-refractivity contribution in [2.24, 2.45) is 5.92 Å². The molecule has 0 heterocycles. The highest BCUT2D eigenvalue weighted by atomic mass is 32.2. The molecule has 2 rings (SSSR count). The zero-order valence-corrected chi connectivity index (χ0v) is 16.0. The van der Waals surface area contributed by atoms with Crippen LogP contribution in [-0.2, 0) is 14.8 Å². The number of amides is 1. The van der Waals surface area contributed by atoms with Gasteiger partial charge in [-0.2, -0.15) is 0 Å². The third-order valence-electron chi connectivity index (χ3n) is 3.69. The Morgan fingerprint density at radius 3 is 2.42 bits per heavy atom. The van der Waals surface area contributed by atoms with Gasteiger partial charge >= 0.3 is 0 Å². The minimum Gasteiger partial charge on any atom is -0.492 e. The molecule has 2 aromatic rings. The highest BCUT2D eigenvalue weighted by molar-refractivity contribution is 7.92. The predicted molar refractivity (Wildman–Crippen MR) is 104 cm³/mol. The predicted octanol–water partition coefficient (Wildman–Crippen LogP) is 3.41. The van der Waals surface area contributed by atoms with Crippen LogP contribution in [0.3, 0.4) is 0 Å². The van der Waals surface area contributed by atoms with Crippen LogP contribution in [0.25, 0.3) is 0 Å².